The molecule has 0 saturated carbocycles. The van der Waals surface area contributed by atoms with Gasteiger partial charge in [0.25, 0.3) is 5.91 Å². The van der Waals surface area contributed by atoms with Crippen LogP contribution >= 0.6 is 0 Å². The Morgan fingerprint density at radius 1 is 1.05 bits per heavy atom. The van der Waals surface area contributed by atoms with Crippen molar-refractivity contribution in [3.63, 3.8) is 0 Å². The number of rotatable bonds is 3. The molecule has 0 unspecified atom stereocenters. The van der Waals surface area contributed by atoms with Gasteiger partial charge in [-0.3, -0.25) is 4.79 Å². The van der Waals surface area contributed by atoms with Gasteiger partial charge < -0.3 is 20.6 Å². The number of phenols is 2. The van der Waals surface area contributed by atoms with E-state index in [1.54, 1.807) is 0 Å². The number of hydrogen-bond acceptors (Lipinski definition) is 4. The molecule has 0 spiro atoms. The number of carboxylic acids is 1. The SMILES string of the molecule is O=C(O)c1ccc(F)cc1NC(=O)c1cccc(O)c1O. The summed E-state index contributed by atoms with van der Waals surface area (Å²) in [7, 11) is 0. The van der Waals surface area contributed by atoms with Crippen molar-refractivity contribution in [1.82, 2.24) is 0 Å². The van der Waals surface area contributed by atoms with Crippen molar-refractivity contribution >= 4 is 17.6 Å². The molecule has 2 aromatic carbocycles. The van der Waals surface area contributed by atoms with Gasteiger partial charge in [-0.25, -0.2) is 9.18 Å². The van der Waals surface area contributed by atoms with Crippen LogP contribution in [0.15, 0.2) is 36.4 Å². The third-order valence-electron chi connectivity index (χ3n) is 2.72. The van der Waals surface area contributed by atoms with Gasteiger partial charge in [-0.05, 0) is 30.3 Å². The van der Waals surface area contributed by atoms with Crippen molar-refractivity contribution in [3.8, 4) is 11.5 Å². The number of carbonyl (C=O) groups excluding carboxylic acids is 1. The van der Waals surface area contributed by atoms with Crippen molar-refractivity contribution in [2.75, 3.05) is 5.32 Å². The van der Waals surface area contributed by atoms with Gasteiger partial charge >= 0.3 is 5.97 Å². The van der Waals surface area contributed by atoms with E-state index >= 15 is 0 Å². The first-order valence-corrected chi connectivity index (χ1v) is 5.75. The molecular weight excluding hydrogens is 281 g/mol. The minimum atomic E-state index is -1.34. The van der Waals surface area contributed by atoms with Crippen LogP contribution < -0.4 is 5.32 Å². The highest BCUT2D eigenvalue weighted by molar-refractivity contribution is 6.09. The van der Waals surface area contributed by atoms with Crippen LogP contribution in [0.3, 0.4) is 0 Å². The predicted molar refractivity (Wildman–Crippen MR) is 71.1 cm³/mol. The smallest absolute Gasteiger partial charge is 0.337 e. The molecule has 0 radical (unpaired) electrons. The van der Waals surface area contributed by atoms with Crippen molar-refractivity contribution in [2.24, 2.45) is 0 Å². The van der Waals surface area contributed by atoms with E-state index in [0.29, 0.717) is 0 Å². The van der Waals surface area contributed by atoms with Gasteiger partial charge in [-0.15, -0.1) is 0 Å². The van der Waals surface area contributed by atoms with Gasteiger partial charge in [-0.1, -0.05) is 6.07 Å². The fraction of sp³-hybridized carbons (Fsp3) is 0. The number of hydrogen-bond donors (Lipinski definition) is 4. The average Bonchev–Trinajstić information content (AvgIpc) is 2.41. The Bertz CT molecular complexity index is 729. The third kappa shape index (κ3) is 2.92. The van der Waals surface area contributed by atoms with Gasteiger partial charge in [-0.2, -0.15) is 0 Å². The highest BCUT2D eigenvalue weighted by atomic mass is 19.1. The Balaban J connectivity index is 2.38. The lowest BCUT2D eigenvalue weighted by Gasteiger charge is -2.10. The quantitative estimate of drug-likeness (QED) is 0.648. The van der Waals surface area contributed by atoms with E-state index in [9.17, 15) is 24.2 Å². The fourth-order valence-electron chi connectivity index (χ4n) is 1.71. The second-order valence-corrected chi connectivity index (χ2v) is 4.12. The van der Waals surface area contributed by atoms with Gasteiger partial charge in [0.05, 0.1) is 16.8 Å². The Kier molecular flexibility index (Phi) is 3.75. The van der Waals surface area contributed by atoms with E-state index in [2.05, 4.69) is 5.32 Å². The second-order valence-electron chi connectivity index (χ2n) is 4.12. The van der Waals surface area contributed by atoms with Crippen LogP contribution in [0, 0.1) is 5.82 Å². The maximum Gasteiger partial charge on any atom is 0.337 e. The predicted octanol–water partition coefficient (Wildman–Crippen LogP) is 2.19. The molecule has 0 aliphatic rings. The molecule has 2 rings (SSSR count). The second kappa shape index (κ2) is 5.49. The van der Waals surface area contributed by atoms with Gasteiger partial charge in [0, 0.05) is 0 Å². The minimum absolute atomic E-state index is 0.254. The molecular formula is C14H10FNO5. The summed E-state index contributed by atoms with van der Waals surface area (Å²) in [6.07, 6.45) is 0. The van der Waals surface area contributed by atoms with Crippen LogP contribution in [-0.2, 0) is 0 Å². The highest BCUT2D eigenvalue weighted by Gasteiger charge is 2.18. The Morgan fingerprint density at radius 2 is 1.76 bits per heavy atom. The number of benzene rings is 2. The molecule has 108 valence electrons. The number of halogens is 1. The van der Waals surface area contributed by atoms with E-state index in [-0.39, 0.29) is 16.8 Å². The summed E-state index contributed by atoms with van der Waals surface area (Å²) < 4.78 is 13.2. The largest absolute Gasteiger partial charge is 0.504 e. The molecule has 6 nitrogen and oxygen atoms in total. The van der Waals surface area contributed by atoms with Crippen molar-refractivity contribution < 1.29 is 29.3 Å². The van der Waals surface area contributed by atoms with Gasteiger partial charge in [0.1, 0.15) is 5.82 Å². The van der Waals surface area contributed by atoms with E-state index in [1.165, 1.54) is 18.2 Å². The number of aromatic carboxylic acids is 1. The topological polar surface area (TPSA) is 107 Å². The van der Waals surface area contributed by atoms with Crippen LogP contribution in [-0.4, -0.2) is 27.2 Å². The maximum atomic E-state index is 13.2. The lowest BCUT2D eigenvalue weighted by atomic mass is 10.1. The van der Waals surface area contributed by atoms with Crippen LogP contribution in [0.4, 0.5) is 10.1 Å². The lowest BCUT2D eigenvalue weighted by Crippen LogP contribution is -2.15. The van der Waals surface area contributed by atoms with Crippen LogP contribution in [0.2, 0.25) is 0 Å². The summed E-state index contributed by atoms with van der Waals surface area (Å²) in [5.41, 5.74) is -0.824. The van der Waals surface area contributed by atoms with E-state index in [1.807, 2.05) is 0 Å². The number of carboxylic acid groups (broad SMARTS) is 1. The number of amides is 1. The summed E-state index contributed by atoms with van der Waals surface area (Å²) in [4.78, 5) is 23.0. The summed E-state index contributed by atoms with van der Waals surface area (Å²) in [5.74, 6) is -4.10. The first kappa shape index (κ1) is 14.3. The van der Waals surface area contributed by atoms with Crippen LogP contribution in [0.5, 0.6) is 11.5 Å². The molecule has 0 bridgehead atoms. The molecule has 2 aromatic rings. The minimum Gasteiger partial charge on any atom is -0.504 e. The summed E-state index contributed by atoms with van der Waals surface area (Å²) in [5, 5.41) is 30.1. The number of anilines is 1. The van der Waals surface area contributed by atoms with E-state index in [0.717, 1.165) is 18.2 Å². The Morgan fingerprint density at radius 3 is 2.43 bits per heavy atom. The zero-order valence-corrected chi connectivity index (χ0v) is 10.5. The Labute approximate surface area is 118 Å². The van der Waals surface area contributed by atoms with Crippen molar-refractivity contribution in [2.45, 2.75) is 0 Å². The number of aromatic hydroxyl groups is 2. The number of phenolic OH excluding ortho intramolecular Hbond substituents is 2. The molecule has 0 aliphatic carbocycles. The van der Waals surface area contributed by atoms with Crippen molar-refractivity contribution in [1.29, 1.82) is 0 Å². The molecule has 4 N–H and O–H groups in total. The monoisotopic (exact) mass is 291 g/mol. The third-order valence-corrected chi connectivity index (χ3v) is 2.72. The average molecular weight is 291 g/mol. The maximum absolute atomic E-state index is 13.2. The number of para-hydroxylation sites is 1. The standard InChI is InChI=1S/C14H10FNO5/c15-7-4-5-8(14(20)21)10(6-7)16-13(19)9-2-1-3-11(17)12(9)18/h1-6,17-18H,(H,16,19)(H,20,21). The normalized spacial score (nSPS) is 10.1. The lowest BCUT2D eigenvalue weighted by molar-refractivity contribution is 0.0698. The molecule has 21 heavy (non-hydrogen) atoms. The van der Waals surface area contributed by atoms with Crippen LogP contribution in [0.1, 0.15) is 20.7 Å². The van der Waals surface area contributed by atoms with Gasteiger partial charge in [0.2, 0.25) is 0 Å². The molecule has 7 heteroatoms. The summed E-state index contributed by atoms with van der Waals surface area (Å²) >= 11 is 0. The van der Waals surface area contributed by atoms with Crippen LogP contribution in [0.25, 0.3) is 0 Å². The molecule has 0 saturated heterocycles. The van der Waals surface area contributed by atoms with E-state index < -0.39 is 29.2 Å². The molecule has 0 heterocycles. The summed E-state index contributed by atoms with van der Waals surface area (Å²) in [6.45, 7) is 0. The first-order chi connectivity index (χ1) is 9.90. The zero-order chi connectivity index (χ0) is 15.6. The van der Waals surface area contributed by atoms with Crippen molar-refractivity contribution in [3.05, 3.63) is 53.3 Å². The van der Waals surface area contributed by atoms with E-state index in [4.69, 9.17) is 5.11 Å². The molecule has 0 aromatic heterocycles. The first-order valence-electron chi connectivity index (χ1n) is 5.75. The zero-order valence-electron chi connectivity index (χ0n) is 10.5. The molecule has 0 atom stereocenters. The molecule has 1 amide bonds. The Hall–Kier alpha value is -3.09. The fourth-order valence-corrected chi connectivity index (χ4v) is 1.71. The summed E-state index contributed by atoms with van der Waals surface area (Å²) in [6, 6.07) is 6.54. The highest BCUT2D eigenvalue weighted by Crippen LogP contribution is 2.29. The number of carbonyl (C=O) groups is 2. The molecule has 0 aliphatic heterocycles. The van der Waals surface area contributed by atoms with Gasteiger partial charge in [0.15, 0.2) is 11.5 Å². The molecule has 0 fully saturated rings. The number of nitrogens with one attached hydrogen (secondary N) is 1.